The van der Waals surface area contributed by atoms with Crippen LogP contribution in [-0.4, -0.2) is 40.7 Å². The molecule has 0 spiro atoms. The number of carboxylic acids is 1. The SMILES string of the molecule is Cc1nc(C)c(C(OC(C)(C)C)C(=O)O)c(N2CCC(C)(C)CC2)c1-c1ccc2c(c1)CNC2=O. The van der Waals surface area contributed by atoms with E-state index in [1.807, 2.05) is 52.8 Å². The number of carbonyl (C=O) groups is 2. The fraction of sp³-hybridized carbons (Fsp3) is 0.536. The summed E-state index contributed by atoms with van der Waals surface area (Å²) in [5.74, 6) is -1.09. The molecule has 1 atom stereocenters. The lowest BCUT2D eigenvalue weighted by atomic mass is 9.81. The highest BCUT2D eigenvalue weighted by Gasteiger charge is 2.36. The molecule has 0 bridgehead atoms. The number of hydrogen-bond acceptors (Lipinski definition) is 5. The summed E-state index contributed by atoms with van der Waals surface area (Å²) in [6, 6.07) is 5.84. The summed E-state index contributed by atoms with van der Waals surface area (Å²) in [7, 11) is 0. The number of pyridine rings is 1. The van der Waals surface area contributed by atoms with Crippen molar-refractivity contribution in [2.45, 2.75) is 79.6 Å². The number of benzene rings is 1. The lowest BCUT2D eigenvalue weighted by Gasteiger charge is -2.41. The number of rotatable bonds is 5. The van der Waals surface area contributed by atoms with Gasteiger partial charge in [0, 0.05) is 47.7 Å². The highest BCUT2D eigenvalue weighted by atomic mass is 16.5. The maximum absolute atomic E-state index is 12.6. The number of carbonyl (C=O) groups excluding carboxylic acids is 1. The molecule has 0 saturated carbocycles. The third kappa shape index (κ3) is 5.06. The van der Waals surface area contributed by atoms with E-state index in [2.05, 4.69) is 24.1 Å². The Labute approximate surface area is 207 Å². The number of aryl methyl sites for hydroxylation is 2. The maximum Gasteiger partial charge on any atom is 0.337 e. The average molecular weight is 480 g/mol. The van der Waals surface area contributed by atoms with Gasteiger partial charge in [0.2, 0.25) is 0 Å². The monoisotopic (exact) mass is 479 g/mol. The molecule has 1 amide bonds. The number of aliphatic carboxylic acids is 1. The zero-order valence-corrected chi connectivity index (χ0v) is 21.9. The van der Waals surface area contributed by atoms with Crippen LogP contribution in [0.4, 0.5) is 5.69 Å². The fourth-order valence-electron chi connectivity index (χ4n) is 5.14. The van der Waals surface area contributed by atoms with E-state index < -0.39 is 17.7 Å². The molecule has 2 aliphatic heterocycles. The van der Waals surface area contributed by atoms with E-state index in [4.69, 9.17) is 9.72 Å². The number of hydrogen-bond donors (Lipinski definition) is 2. The predicted octanol–water partition coefficient (Wildman–Crippen LogP) is 5.18. The first-order chi connectivity index (χ1) is 16.3. The van der Waals surface area contributed by atoms with E-state index in [0.717, 1.165) is 54.0 Å². The van der Waals surface area contributed by atoms with Gasteiger partial charge in [0.1, 0.15) is 0 Å². The summed E-state index contributed by atoms with van der Waals surface area (Å²) >= 11 is 0. The summed E-state index contributed by atoms with van der Waals surface area (Å²) in [4.78, 5) is 31.8. The smallest absolute Gasteiger partial charge is 0.337 e. The number of nitrogens with one attached hydrogen (secondary N) is 1. The van der Waals surface area contributed by atoms with E-state index in [9.17, 15) is 14.7 Å². The van der Waals surface area contributed by atoms with E-state index in [-0.39, 0.29) is 11.3 Å². The van der Waals surface area contributed by atoms with E-state index in [0.29, 0.717) is 23.4 Å². The predicted molar refractivity (Wildman–Crippen MR) is 137 cm³/mol. The molecule has 1 saturated heterocycles. The third-order valence-corrected chi connectivity index (χ3v) is 7.05. The van der Waals surface area contributed by atoms with Gasteiger partial charge in [-0.2, -0.15) is 0 Å². The molecular formula is C28H37N3O4. The molecule has 0 aliphatic carbocycles. The van der Waals surface area contributed by atoms with Gasteiger partial charge in [0.05, 0.1) is 11.3 Å². The van der Waals surface area contributed by atoms with Crippen molar-refractivity contribution >= 4 is 17.6 Å². The van der Waals surface area contributed by atoms with Crippen LogP contribution in [-0.2, 0) is 16.1 Å². The van der Waals surface area contributed by atoms with E-state index >= 15 is 0 Å². The van der Waals surface area contributed by atoms with Crippen LogP contribution in [0, 0.1) is 19.3 Å². The van der Waals surface area contributed by atoms with Crippen LogP contribution < -0.4 is 10.2 Å². The van der Waals surface area contributed by atoms with Crippen molar-refractivity contribution < 1.29 is 19.4 Å². The van der Waals surface area contributed by atoms with Gasteiger partial charge in [0.15, 0.2) is 6.10 Å². The van der Waals surface area contributed by atoms with Crippen LogP contribution in [0.3, 0.4) is 0 Å². The summed E-state index contributed by atoms with van der Waals surface area (Å²) in [5.41, 5.74) is 6.07. The molecule has 7 nitrogen and oxygen atoms in total. The van der Waals surface area contributed by atoms with Crippen molar-refractivity contribution in [2.24, 2.45) is 5.41 Å². The van der Waals surface area contributed by atoms with Crippen molar-refractivity contribution in [1.82, 2.24) is 10.3 Å². The Morgan fingerprint density at radius 3 is 2.43 bits per heavy atom. The summed E-state index contributed by atoms with van der Waals surface area (Å²) < 4.78 is 6.14. The molecule has 2 aliphatic rings. The van der Waals surface area contributed by atoms with Crippen LogP contribution in [0.25, 0.3) is 11.1 Å². The highest BCUT2D eigenvalue weighted by Crippen LogP contribution is 2.45. The van der Waals surface area contributed by atoms with Gasteiger partial charge >= 0.3 is 5.97 Å². The van der Waals surface area contributed by atoms with Crippen LogP contribution in [0.2, 0.25) is 0 Å². The third-order valence-electron chi connectivity index (χ3n) is 7.05. The minimum absolute atomic E-state index is 0.0611. The quantitative estimate of drug-likeness (QED) is 0.614. The number of nitrogens with zero attached hydrogens (tertiary/aromatic N) is 2. The zero-order chi connectivity index (χ0) is 25.7. The summed E-state index contributed by atoms with van der Waals surface area (Å²) in [6.07, 6.45) is 0.865. The second-order valence-corrected chi connectivity index (χ2v) is 11.6. The molecule has 7 heteroatoms. The topological polar surface area (TPSA) is 91.8 Å². The van der Waals surface area contributed by atoms with Gasteiger partial charge in [-0.1, -0.05) is 19.9 Å². The molecule has 1 unspecified atom stereocenters. The van der Waals surface area contributed by atoms with Crippen molar-refractivity contribution in [1.29, 1.82) is 0 Å². The zero-order valence-electron chi connectivity index (χ0n) is 21.9. The second kappa shape index (κ2) is 8.94. The fourth-order valence-corrected chi connectivity index (χ4v) is 5.14. The molecule has 1 fully saturated rings. The van der Waals surface area contributed by atoms with Gasteiger partial charge in [0.25, 0.3) is 5.91 Å². The van der Waals surface area contributed by atoms with Gasteiger partial charge in [-0.25, -0.2) is 4.79 Å². The Balaban J connectivity index is 1.96. The number of aromatic nitrogens is 1. The normalized spacial score (nSPS) is 18.3. The van der Waals surface area contributed by atoms with Crippen LogP contribution in [0.5, 0.6) is 0 Å². The molecule has 3 heterocycles. The van der Waals surface area contributed by atoms with Crippen LogP contribution in [0.1, 0.15) is 86.4 Å². The Morgan fingerprint density at radius 2 is 1.83 bits per heavy atom. The van der Waals surface area contributed by atoms with Crippen LogP contribution in [0.15, 0.2) is 18.2 Å². The molecule has 2 N–H and O–H groups in total. The van der Waals surface area contributed by atoms with Crippen molar-refractivity contribution in [3.05, 3.63) is 46.3 Å². The van der Waals surface area contributed by atoms with Crippen molar-refractivity contribution in [2.75, 3.05) is 18.0 Å². The van der Waals surface area contributed by atoms with Gasteiger partial charge < -0.3 is 20.1 Å². The highest BCUT2D eigenvalue weighted by molar-refractivity contribution is 5.99. The summed E-state index contributed by atoms with van der Waals surface area (Å²) in [6.45, 7) is 16.1. The number of amides is 1. The molecule has 35 heavy (non-hydrogen) atoms. The largest absolute Gasteiger partial charge is 0.479 e. The van der Waals surface area contributed by atoms with Crippen molar-refractivity contribution in [3.8, 4) is 11.1 Å². The van der Waals surface area contributed by atoms with Gasteiger partial charge in [-0.3, -0.25) is 9.78 Å². The molecule has 1 aromatic heterocycles. The first-order valence-corrected chi connectivity index (χ1v) is 12.4. The first kappa shape index (κ1) is 25.2. The molecule has 0 radical (unpaired) electrons. The molecule has 1 aromatic carbocycles. The van der Waals surface area contributed by atoms with Crippen LogP contribution >= 0.6 is 0 Å². The Kier molecular flexibility index (Phi) is 6.43. The standard InChI is InChI=1S/C28H37N3O4/c1-16-21(18-8-9-20-19(14-18)15-29-25(20)32)23(31-12-10-28(6,7)11-13-31)22(17(2)30-16)24(26(33)34)35-27(3,4)5/h8-9,14,24H,10-13,15H2,1-7H3,(H,29,32)(H,33,34). The Bertz CT molecular complexity index is 1170. The minimum atomic E-state index is -1.15. The number of piperidine rings is 1. The lowest BCUT2D eigenvalue weighted by Crippen LogP contribution is -2.39. The van der Waals surface area contributed by atoms with Gasteiger partial charge in [-0.05, 0) is 76.1 Å². The van der Waals surface area contributed by atoms with Gasteiger partial charge in [-0.15, -0.1) is 0 Å². The molecular weight excluding hydrogens is 442 g/mol. The Morgan fingerprint density at radius 1 is 1.17 bits per heavy atom. The maximum atomic E-state index is 12.6. The first-order valence-electron chi connectivity index (χ1n) is 12.4. The Hall–Kier alpha value is -2.93. The second-order valence-electron chi connectivity index (χ2n) is 11.6. The molecule has 4 rings (SSSR count). The van der Waals surface area contributed by atoms with E-state index in [1.54, 1.807) is 0 Å². The number of fused-ring (bicyclic) bond motifs is 1. The average Bonchev–Trinajstić information content (AvgIpc) is 3.11. The number of anilines is 1. The molecule has 2 aromatic rings. The molecule has 188 valence electrons. The minimum Gasteiger partial charge on any atom is -0.479 e. The van der Waals surface area contributed by atoms with E-state index in [1.165, 1.54) is 0 Å². The van der Waals surface area contributed by atoms with Crippen molar-refractivity contribution in [3.63, 3.8) is 0 Å². The number of carboxylic acid groups (broad SMARTS) is 1. The summed E-state index contributed by atoms with van der Waals surface area (Å²) in [5, 5.41) is 13.2. The lowest BCUT2D eigenvalue weighted by molar-refractivity contribution is -0.160. The number of ether oxygens (including phenoxy) is 1.